The van der Waals surface area contributed by atoms with E-state index in [0.717, 1.165) is 37.2 Å². The summed E-state index contributed by atoms with van der Waals surface area (Å²) in [7, 11) is -3.54. The van der Waals surface area contributed by atoms with E-state index in [-0.39, 0.29) is 10.8 Å². The third-order valence-corrected chi connectivity index (χ3v) is 6.14. The standard InChI is InChI=1S/C17H25N3O4S/c1-14(21)20-7-2-3-15-13-16(4-5-17(15)20)25(22,23)18-6-8-19-9-11-24-12-10-19/h4-5,13,18H,2-3,6-12H2,1H3. The number of hydrogen-bond donors (Lipinski definition) is 1. The van der Waals surface area contributed by atoms with Gasteiger partial charge in [-0.1, -0.05) is 0 Å². The van der Waals surface area contributed by atoms with E-state index >= 15 is 0 Å². The lowest BCUT2D eigenvalue weighted by Crippen LogP contribution is -2.41. The molecule has 3 rings (SSSR count). The molecule has 1 amide bonds. The zero-order valence-electron chi connectivity index (χ0n) is 14.5. The van der Waals surface area contributed by atoms with Gasteiger partial charge in [0.15, 0.2) is 0 Å². The SMILES string of the molecule is CC(=O)N1CCCc2cc(S(=O)(=O)NCCN3CCOCC3)ccc21. The van der Waals surface area contributed by atoms with Gasteiger partial charge in [-0.25, -0.2) is 13.1 Å². The number of benzene rings is 1. The number of aryl methyl sites for hydroxylation is 1. The highest BCUT2D eigenvalue weighted by Crippen LogP contribution is 2.29. The van der Waals surface area contributed by atoms with Crippen LogP contribution in [0.2, 0.25) is 0 Å². The minimum absolute atomic E-state index is 0.0137. The molecule has 0 unspecified atom stereocenters. The van der Waals surface area contributed by atoms with Gasteiger partial charge in [0, 0.05) is 45.3 Å². The number of nitrogens with one attached hydrogen (secondary N) is 1. The second-order valence-corrected chi connectivity index (χ2v) is 8.18. The van der Waals surface area contributed by atoms with Crippen molar-refractivity contribution in [2.75, 3.05) is 50.8 Å². The fourth-order valence-electron chi connectivity index (χ4n) is 3.31. The van der Waals surface area contributed by atoms with Gasteiger partial charge in [0.05, 0.1) is 18.1 Å². The van der Waals surface area contributed by atoms with Crippen LogP contribution >= 0.6 is 0 Å². The molecular weight excluding hydrogens is 342 g/mol. The number of anilines is 1. The lowest BCUT2D eigenvalue weighted by Gasteiger charge is -2.29. The Bertz CT molecular complexity index is 729. The highest BCUT2D eigenvalue weighted by molar-refractivity contribution is 7.89. The fraction of sp³-hybridized carbons (Fsp3) is 0.588. The summed E-state index contributed by atoms with van der Waals surface area (Å²) < 4.78 is 33.0. The number of carbonyl (C=O) groups excluding carboxylic acids is 1. The largest absolute Gasteiger partial charge is 0.379 e. The maximum atomic E-state index is 12.5. The molecule has 2 heterocycles. The second kappa shape index (κ2) is 7.82. The van der Waals surface area contributed by atoms with Crippen molar-refractivity contribution in [3.05, 3.63) is 23.8 Å². The minimum Gasteiger partial charge on any atom is -0.379 e. The van der Waals surface area contributed by atoms with Crippen molar-refractivity contribution in [1.82, 2.24) is 9.62 Å². The highest BCUT2D eigenvalue weighted by atomic mass is 32.2. The van der Waals surface area contributed by atoms with Crippen molar-refractivity contribution >= 4 is 21.6 Å². The normalized spacial score (nSPS) is 18.8. The van der Waals surface area contributed by atoms with E-state index in [1.165, 1.54) is 6.92 Å². The van der Waals surface area contributed by atoms with Gasteiger partial charge in [-0.2, -0.15) is 0 Å². The number of nitrogens with zero attached hydrogens (tertiary/aromatic N) is 2. The molecule has 8 heteroatoms. The molecule has 1 N–H and O–H groups in total. The quantitative estimate of drug-likeness (QED) is 0.824. The molecule has 0 aromatic heterocycles. The molecule has 7 nitrogen and oxygen atoms in total. The Morgan fingerprint density at radius 1 is 1.24 bits per heavy atom. The molecule has 0 bridgehead atoms. The Kier molecular flexibility index (Phi) is 5.73. The van der Waals surface area contributed by atoms with Gasteiger partial charge in [0.2, 0.25) is 15.9 Å². The number of ether oxygens (including phenoxy) is 1. The van der Waals surface area contributed by atoms with Crippen molar-refractivity contribution in [2.45, 2.75) is 24.7 Å². The number of hydrogen-bond acceptors (Lipinski definition) is 5. The minimum atomic E-state index is -3.54. The summed E-state index contributed by atoms with van der Waals surface area (Å²) in [5, 5.41) is 0. The molecule has 2 aliphatic rings. The lowest BCUT2D eigenvalue weighted by atomic mass is 10.0. The van der Waals surface area contributed by atoms with Crippen molar-refractivity contribution in [3.63, 3.8) is 0 Å². The van der Waals surface area contributed by atoms with Crippen molar-refractivity contribution in [2.24, 2.45) is 0 Å². The molecule has 1 saturated heterocycles. The first-order valence-corrected chi connectivity index (χ1v) is 10.2. The fourth-order valence-corrected chi connectivity index (χ4v) is 4.39. The molecule has 2 aliphatic heterocycles. The molecule has 0 aliphatic carbocycles. The smallest absolute Gasteiger partial charge is 0.240 e. The Morgan fingerprint density at radius 3 is 2.72 bits per heavy atom. The number of morpholine rings is 1. The third kappa shape index (κ3) is 4.38. The van der Waals surface area contributed by atoms with Crippen LogP contribution in [0, 0.1) is 0 Å². The van der Waals surface area contributed by atoms with Crippen molar-refractivity contribution in [3.8, 4) is 0 Å². The Labute approximate surface area is 149 Å². The number of rotatable bonds is 5. The summed E-state index contributed by atoms with van der Waals surface area (Å²) in [6, 6.07) is 5.02. The van der Waals surface area contributed by atoms with Crippen LogP contribution in [0.25, 0.3) is 0 Å². The van der Waals surface area contributed by atoms with Crippen LogP contribution in [0.3, 0.4) is 0 Å². The number of carbonyl (C=O) groups is 1. The first kappa shape index (κ1) is 18.3. The van der Waals surface area contributed by atoms with E-state index in [0.29, 0.717) is 32.8 Å². The van der Waals surface area contributed by atoms with Gasteiger partial charge in [-0.15, -0.1) is 0 Å². The maximum Gasteiger partial charge on any atom is 0.240 e. The van der Waals surface area contributed by atoms with Crippen LogP contribution in [-0.2, 0) is 26.0 Å². The molecule has 0 saturated carbocycles. The van der Waals surface area contributed by atoms with Gasteiger partial charge < -0.3 is 9.64 Å². The van der Waals surface area contributed by atoms with E-state index in [1.807, 2.05) is 0 Å². The molecule has 138 valence electrons. The lowest BCUT2D eigenvalue weighted by molar-refractivity contribution is -0.116. The molecule has 1 fully saturated rings. The first-order chi connectivity index (χ1) is 12.0. The third-order valence-electron chi connectivity index (χ3n) is 4.68. The van der Waals surface area contributed by atoms with Gasteiger partial charge in [0.25, 0.3) is 0 Å². The summed E-state index contributed by atoms with van der Waals surface area (Å²) in [5.74, 6) is -0.0137. The predicted molar refractivity (Wildman–Crippen MR) is 95.2 cm³/mol. The summed E-state index contributed by atoms with van der Waals surface area (Å²) in [6.07, 6.45) is 1.64. The molecule has 0 radical (unpaired) electrons. The van der Waals surface area contributed by atoms with Crippen LogP contribution in [0.15, 0.2) is 23.1 Å². The van der Waals surface area contributed by atoms with Crippen LogP contribution in [-0.4, -0.2) is 65.2 Å². The summed E-state index contributed by atoms with van der Waals surface area (Å²) >= 11 is 0. The Morgan fingerprint density at radius 2 is 2.00 bits per heavy atom. The van der Waals surface area contributed by atoms with Gasteiger partial charge >= 0.3 is 0 Å². The van der Waals surface area contributed by atoms with E-state index < -0.39 is 10.0 Å². The summed E-state index contributed by atoms with van der Waals surface area (Å²) in [4.78, 5) is 15.9. The van der Waals surface area contributed by atoms with E-state index in [4.69, 9.17) is 4.74 Å². The summed E-state index contributed by atoms with van der Waals surface area (Å²) in [5.41, 5.74) is 1.74. The van der Waals surface area contributed by atoms with Crippen molar-refractivity contribution in [1.29, 1.82) is 0 Å². The zero-order valence-corrected chi connectivity index (χ0v) is 15.3. The molecule has 0 spiro atoms. The van der Waals surface area contributed by atoms with Gasteiger partial charge in [-0.05, 0) is 36.6 Å². The van der Waals surface area contributed by atoms with Crippen LogP contribution in [0.5, 0.6) is 0 Å². The number of fused-ring (bicyclic) bond motifs is 1. The zero-order chi connectivity index (χ0) is 17.9. The molecule has 25 heavy (non-hydrogen) atoms. The first-order valence-electron chi connectivity index (χ1n) is 8.68. The molecular formula is C17H25N3O4S. The summed E-state index contributed by atoms with van der Waals surface area (Å²) in [6.45, 7) is 6.33. The predicted octanol–water partition coefficient (Wildman–Crippen LogP) is 0.596. The Hall–Kier alpha value is -1.48. The van der Waals surface area contributed by atoms with E-state index in [9.17, 15) is 13.2 Å². The molecule has 1 aromatic carbocycles. The van der Waals surface area contributed by atoms with Crippen LogP contribution in [0.1, 0.15) is 18.9 Å². The average molecular weight is 367 g/mol. The Balaban J connectivity index is 1.66. The monoisotopic (exact) mass is 367 g/mol. The van der Waals surface area contributed by atoms with Gasteiger partial charge in [0.1, 0.15) is 0 Å². The topological polar surface area (TPSA) is 79.0 Å². The molecule has 1 aromatic rings. The second-order valence-electron chi connectivity index (χ2n) is 6.42. The number of sulfonamides is 1. The highest BCUT2D eigenvalue weighted by Gasteiger charge is 2.23. The average Bonchev–Trinajstić information content (AvgIpc) is 2.61. The maximum absolute atomic E-state index is 12.5. The van der Waals surface area contributed by atoms with Crippen LogP contribution in [0.4, 0.5) is 5.69 Å². The van der Waals surface area contributed by atoms with E-state index in [2.05, 4.69) is 9.62 Å². The van der Waals surface area contributed by atoms with Crippen LogP contribution < -0.4 is 9.62 Å². The van der Waals surface area contributed by atoms with Gasteiger partial charge in [-0.3, -0.25) is 9.69 Å². The number of amides is 1. The van der Waals surface area contributed by atoms with E-state index in [1.54, 1.807) is 23.1 Å². The van der Waals surface area contributed by atoms with Crippen molar-refractivity contribution < 1.29 is 17.9 Å². The molecule has 0 atom stereocenters.